The Morgan fingerprint density at radius 1 is 1.00 bits per heavy atom. The van der Waals surface area contributed by atoms with Crippen LogP contribution in [0.5, 0.6) is 0 Å². The zero-order chi connectivity index (χ0) is 16.8. The molecular formula is C14H23ClN8O. The van der Waals surface area contributed by atoms with Crippen molar-refractivity contribution < 1.29 is 5.11 Å². The molecule has 0 saturated carbocycles. The SMILES string of the molecule is C=CCNc1nc(NC)c2nc(NC[C@@H](C)O)nc(NC)c2n1.Cl. The van der Waals surface area contributed by atoms with E-state index in [2.05, 4.69) is 47.8 Å². The van der Waals surface area contributed by atoms with E-state index in [1.54, 1.807) is 27.1 Å². The first-order chi connectivity index (χ1) is 11.1. The number of aliphatic hydroxyl groups is 1. The number of fused-ring (bicyclic) bond motifs is 1. The van der Waals surface area contributed by atoms with E-state index < -0.39 is 6.10 Å². The van der Waals surface area contributed by atoms with Crippen molar-refractivity contribution in [2.45, 2.75) is 13.0 Å². The van der Waals surface area contributed by atoms with Crippen molar-refractivity contribution in [3.05, 3.63) is 12.7 Å². The minimum Gasteiger partial charge on any atom is -0.392 e. The highest BCUT2D eigenvalue weighted by Crippen LogP contribution is 2.26. The molecule has 0 aromatic carbocycles. The van der Waals surface area contributed by atoms with Crippen molar-refractivity contribution in [3.8, 4) is 0 Å². The van der Waals surface area contributed by atoms with Gasteiger partial charge >= 0.3 is 0 Å². The van der Waals surface area contributed by atoms with Crippen molar-refractivity contribution in [2.75, 3.05) is 48.5 Å². The van der Waals surface area contributed by atoms with Gasteiger partial charge in [-0.1, -0.05) is 6.08 Å². The Labute approximate surface area is 146 Å². The molecule has 0 fully saturated rings. The Morgan fingerprint density at radius 3 is 1.92 bits per heavy atom. The predicted octanol–water partition coefficient (Wildman–Crippen LogP) is 1.32. The highest BCUT2D eigenvalue weighted by atomic mass is 35.5. The van der Waals surface area contributed by atoms with Crippen LogP contribution in [0.15, 0.2) is 12.7 Å². The maximum absolute atomic E-state index is 9.39. The second kappa shape index (κ2) is 9.04. The molecule has 2 aromatic heterocycles. The summed E-state index contributed by atoms with van der Waals surface area (Å²) >= 11 is 0. The molecule has 0 bridgehead atoms. The van der Waals surface area contributed by atoms with Gasteiger partial charge in [0, 0.05) is 27.2 Å². The lowest BCUT2D eigenvalue weighted by Crippen LogP contribution is -2.17. The molecule has 5 N–H and O–H groups in total. The normalized spacial score (nSPS) is 11.3. The van der Waals surface area contributed by atoms with Crippen LogP contribution in [0, 0.1) is 0 Å². The summed E-state index contributed by atoms with van der Waals surface area (Å²) in [6.45, 7) is 6.25. The van der Waals surface area contributed by atoms with Crippen LogP contribution in [0.3, 0.4) is 0 Å². The van der Waals surface area contributed by atoms with E-state index in [4.69, 9.17) is 0 Å². The molecule has 2 aromatic rings. The number of rotatable bonds is 8. The maximum Gasteiger partial charge on any atom is 0.225 e. The second-order valence-corrected chi connectivity index (χ2v) is 4.89. The summed E-state index contributed by atoms with van der Waals surface area (Å²) in [4.78, 5) is 17.7. The summed E-state index contributed by atoms with van der Waals surface area (Å²) in [6, 6.07) is 0. The van der Waals surface area contributed by atoms with E-state index >= 15 is 0 Å². The molecule has 2 rings (SSSR count). The minimum atomic E-state index is -0.502. The average Bonchev–Trinajstić information content (AvgIpc) is 2.56. The minimum absolute atomic E-state index is 0. The van der Waals surface area contributed by atoms with Gasteiger partial charge in [0.15, 0.2) is 11.6 Å². The zero-order valence-electron chi connectivity index (χ0n) is 13.9. The van der Waals surface area contributed by atoms with Crippen molar-refractivity contribution in [2.24, 2.45) is 0 Å². The molecule has 1 atom stereocenters. The van der Waals surface area contributed by atoms with E-state index in [1.807, 2.05) is 0 Å². The van der Waals surface area contributed by atoms with Crippen LogP contribution in [0.25, 0.3) is 11.0 Å². The zero-order valence-corrected chi connectivity index (χ0v) is 14.7. The smallest absolute Gasteiger partial charge is 0.225 e. The van der Waals surface area contributed by atoms with Gasteiger partial charge < -0.3 is 26.4 Å². The Kier molecular flexibility index (Phi) is 7.40. The van der Waals surface area contributed by atoms with Gasteiger partial charge in [0.25, 0.3) is 0 Å². The van der Waals surface area contributed by atoms with Gasteiger partial charge in [-0.25, -0.2) is 9.97 Å². The second-order valence-electron chi connectivity index (χ2n) is 4.89. The molecular weight excluding hydrogens is 332 g/mol. The predicted molar refractivity (Wildman–Crippen MR) is 100 cm³/mol. The van der Waals surface area contributed by atoms with E-state index in [9.17, 15) is 5.11 Å². The number of aliphatic hydroxyl groups excluding tert-OH is 1. The third-order valence-electron chi connectivity index (χ3n) is 2.98. The first-order valence-corrected chi connectivity index (χ1v) is 7.31. The molecule has 10 heteroatoms. The van der Waals surface area contributed by atoms with E-state index in [0.29, 0.717) is 47.7 Å². The molecule has 132 valence electrons. The number of aromatic nitrogens is 4. The van der Waals surface area contributed by atoms with Crippen molar-refractivity contribution in [1.29, 1.82) is 0 Å². The Balaban J connectivity index is 0.00000288. The van der Waals surface area contributed by atoms with Crippen LogP contribution in [0.2, 0.25) is 0 Å². The lowest BCUT2D eigenvalue weighted by molar-refractivity contribution is 0.208. The molecule has 0 spiro atoms. The number of nitrogens with one attached hydrogen (secondary N) is 4. The van der Waals surface area contributed by atoms with Gasteiger partial charge in [-0.15, -0.1) is 19.0 Å². The molecule has 0 saturated heterocycles. The van der Waals surface area contributed by atoms with Crippen LogP contribution in [0.4, 0.5) is 23.5 Å². The van der Waals surface area contributed by atoms with Crippen LogP contribution in [-0.4, -0.2) is 58.3 Å². The van der Waals surface area contributed by atoms with Crippen molar-refractivity contribution >= 4 is 47.0 Å². The summed E-state index contributed by atoms with van der Waals surface area (Å²) in [5.41, 5.74) is 1.19. The summed E-state index contributed by atoms with van der Waals surface area (Å²) < 4.78 is 0. The van der Waals surface area contributed by atoms with Crippen molar-refractivity contribution in [1.82, 2.24) is 19.9 Å². The van der Waals surface area contributed by atoms with Crippen molar-refractivity contribution in [3.63, 3.8) is 0 Å². The van der Waals surface area contributed by atoms with E-state index in [0.717, 1.165) is 0 Å². The monoisotopic (exact) mass is 354 g/mol. The quantitative estimate of drug-likeness (QED) is 0.447. The molecule has 0 unspecified atom stereocenters. The first kappa shape index (κ1) is 19.7. The van der Waals surface area contributed by atoms with E-state index in [-0.39, 0.29) is 12.4 Å². The lowest BCUT2D eigenvalue weighted by atomic mass is 10.3. The molecule has 0 aliphatic rings. The Morgan fingerprint density at radius 2 is 1.50 bits per heavy atom. The number of hydrogen-bond donors (Lipinski definition) is 5. The third-order valence-corrected chi connectivity index (χ3v) is 2.98. The first-order valence-electron chi connectivity index (χ1n) is 7.31. The van der Waals surface area contributed by atoms with Crippen LogP contribution < -0.4 is 21.3 Å². The maximum atomic E-state index is 9.39. The molecule has 0 radical (unpaired) electrons. The van der Waals surface area contributed by atoms with Gasteiger partial charge in [-0.05, 0) is 6.92 Å². The van der Waals surface area contributed by atoms with Crippen LogP contribution >= 0.6 is 12.4 Å². The molecule has 0 amide bonds. The van der Waals surface area contributed by atoms with Gasteiger partial charge in [-0.2, -0.15) is 9.97 Å². The molecule has 24 heavy (non-hydrogen) atoms. The number of anilines is 4. The molecule has 9 nitrogen and oxygen atoms in total. The summed E-state index contributed by atoms with van der Waals surface area (Å²) in [5.74, 6) is 2.02. The lowest BCUT2D eigenvalue weighted by Gasteiger charge is -2.13. The van der Waals surface area contributed by atoms with Gasteiger partial charge in [-0.3, -0.25) is 0 Å². The fraction of sp³-hybridized carbons (Fsp3) is 0.429. The van der Waals surface area contributed by atoms with Crippen LogP contribution in [-0.2, 0) is 0 Å². The fourth-order valence-electron chi connectivity index (χ4n) is 1.92. The number of nitrogens with zero attached hydrogens (tertiary/aromatic N) is 4. The number of hydrogen-bond acceptors (Lipinski definition) is 9. The van der Waals surface area contributed by atoms with E-state index in [1.165, 1.54) is 0 Å². The van der Waals surface area contributed by atoms with Gasteiger partial charge in [0.1, 0.15) is 11.0 Å². The molecule has 2 heterocycles. The largest absolute Gasteiger partial charge is 0.392 e. The summed E-state index contributed by atoms with van der Waals surface area (Å²) in [6.07, 6.45) is 1.23. The fourth-order valence-corrected chi connectivity index (χ4v) is 1.92. The van der Waals surface area contributed by atoms with Gasteiger partial charge in [0.05, 0.1) is 6.10 Å². The average molecular weight is 355 g/mol. The van der Waals surface area contributed by atoms with Crippen LogP contribution in [0.1, 0.15) is 6.92 Å². The standard InChI is InChI=1S/C14H22N8O.ClH/c1-5-6-17-13-19-9-10(11(15-3)21-13)20-14(18-7-8(2)23)22-12(9)16-4;/h5,8,23H,1,6-7H2,2-4H3,(H2,15,17,19,21)(H2,16,18,20,22);1H/t8-;/m1./s1. The third kappa shape index (κ3) is 4.56. The number of halogens is 1. The summed E-state index contributed by atoms with van der Waals surface area (Å²) in [5, 5.41) is 21.5. The van der Waals surface area contributed by atoms with Gasteiger partial charge in [0.2, 0.25) is 11.9 Å². The topological polar surface area (TPSA) is 120 Å². The summed E-state index contributed by atoms with van der Waals surface area (Å²) in [7, 11) is 3.53. The molecule has 0 aliphatic heterocycles. The Bertz CT molecular complexity index is 694. The molecule has 0 aliphatic carbocycles. The Hall–Kier alpha value is -2.39. The highest BCUT2D eigenvalue weighted by Gasteiger charge is 2.14. The highest BCUT2D eigenvalue weighted by molar-refractivity contribution is 5.94.